The summed E-state index contributed by atoms with van der Waals surface area (Å²) in [7, 11) is 0. The number of benzene rings is 2. The number of carbonyl (C=O) groups excluding carboxylic acids is 1. The Bertz CT molecular complexity index is 1090. The molecule has 2 heterocycles. The highest BCUT2D eigenvalue weighted by molar-refractivity contribution is 8.00. The quantitative estimate of drug-likeness (QED) is 0.459. The van der Waals surface area contributed by atoms with E-state index in [9.17, 15) is 10.1 Å². The number of anilines is 2. The zero-order chi connectivity index (χ0) is 21.1. The Morgan fingerprint density at radius 1 is 1.07 bits per heavy atom. The maximum absolute atomic E-state index is 13.3. The highest BCUT2D eigenvalue weighted by Gasteiger charge is 2.28. The SMILES string of the molecule is CC(C)Cc1ccc(C#N)c(SCC(=O)N2c3ccccc3Sc3ccccc32)n1. The highest BCUT2D eigenvalue weighted by Crippen LogP contribution is 2.48. The zero-order valence-electron chi connectivity index (χ0n) is 16.8. The standard InChI is InChI=1S/C24H21N3OS2/c1-16(2)13-18-12-11-17(14-25)24(26-18)29-15-23(28)27-19-7-3-5-9-21(19)30-22-10-6-4-8-20(22)27/h3-12,16H,13,15H2,1-2H3. The average Bonchev–Trinajstić information content (AvgIpc) is 2.75. The molecule has 0 fully saturated rings. The van der Waals surface area contributed by atoms with Crippen LogP contribution in [0.4, 0.5) is 11.4 Å². The fourth-order valence-corrected chi connectivity index (χ4v) is 5.27. The molecular weight excluding hydrogens is 410 g/mol. The second-order valence-corrected chi connectivity index (χ2v) is 9.47. The van der Waals surface area contributed by atoms with Crippen LogP contribution in [0.15, 0.2) is 75.5 Å². The number of fused-ring (bicyclic) bond motifs is 2. The monoisotopic (exact) mass is 431 g/mol. The van der Waals surface area contributed by atoms with Gasteiger partial charge in [-0.15, -0.1) is 0 Å². The van der Waals surface area contributed by atoms with Crippen molar-refractivity contribution in [3.05, 3.63) is 71.9 Å². The first-order chi connectivity index (χ1) is 14.6. The van der Waals surface area contributed by atoms with Crippen molar-refractivity contribution in [2.45, 2.75) is 35.1 Å². The molecule has 0 bridgehead atoms. The summed E-state index contributed by atoms with van der Waals surface area (Å²) in [5, 5.41) is 10.1. The van der Waals surface area contributed by atoms with E-state index >= 15 is 0 Å². The summed E-state index contributed by atoms with van der Waals surface area (Å²) in [6.07, 6.45) is 0.845. The van der Waals surface area contributed by atoms with E-state index in [-0.39, 0.29) is 11.7 Å². The Morgan fingerprint density at radius 3 is 2.30 bits per heavy atom. The van der Waals surface area contributed by atoms with Crippen molar-refractivity contribution in [2.24, 2.45) is 5.92 Å². The van der Waals surface area contributed by atoms with Crippen molar-refractivity contribution in [3.63, 3.8) is 0 Å². The van der Waals surface area contributed by atoms with E-state index in [0.717, 1.165) is 33.3 Å². The van der Waals surface area contributed by atoms with Gasteiger partial charge in [-0.25, -0.2) is 4.98 Å². The minimum atomic E-state index is -0.0276. The Kier molecular flexibility index (Phi) is 6.12. The maximum atomic E-state index is 13.3. The summed E-state index contributed by atoms with van der Waals surface area (Å²) in [6.45, 7) is 4.28. The molecule has 1 aromatic heterocycles. The molecule has 6 heteroatoms. The van der Waals surface area contributed by atoms with Crippen molar-refractivity contribution in [1.29, 1.82) is 5.26 Å². The zero-order valence-corrected chi connectivity index (χ0v) is 18.5. The lowest BCUT2D eigenvalue weighted by atomic mass is 10.1. The first-order valence-corrected chi connectivity index (χ1v) is 11.6. The summed E-state index contributed by atoms with van der Waals surface area (Å²) < 4.78 is 0. The smallest absolute Gasteiger partial charge is 0.242 e. The number of amides is 1. The Balaban J connectivity index is 1.61. The second-order valence-electron chi connectivity index (χ2n) is 7.42. The number of nitrogens with zero attached hydrogens (tertiary/aromatic N) is 3. The van der Waals surface area contributed by atoms with E-state index in [0.29, 0.717) is 16.5 Å². The van der Waals surface area contributed by atoms with E-state index in [1.165, 1.54) is 11.8 Å². The lowest BCUT2D eigenvalue weighted by Crippen LogP contribution is -2.30. The number of rotatable bonds is 5. The summed E-state index contributed by atoms with van der Waals surface area (Å²) in [5.41, 5.74) is 3.25. The van der Waals surface area contributed by atoms with Crippen LogP contribution in [-0.2, 0) is 11.2 Å². The van der Waals surface area contributed by atoms with Crippen LogP contribution in [0.25, 0.3) is 0 Å². The number of carbonyl (C=O) groups is 1. The van der Waals surface area contributed by atoms with E-state index in [4.69, 9.17) is 0 Å². The fourth-order valence-electron chi connectivity index (χ4n) is 3.37. The molecule has 4 nitrogen and oxygen atoms in total. The molecule has 3 aromatic rings. The molecule has 0 N–H and O–H groups in total. The van der Waals surface area contributed by atoms with Crippen LogP contribution >= 0.6 is 23.5 Å². The molecule has 0 spiro atoms. The summed E-state index contributed by atoms with van der Waals surface area (Å²) >= 11 is 3.01. The Labute approximate surface area is 185 Å². The van der Waals surface area contributed by atoms with E-state index in [1.54, 1.807) is 22.7 Å². The lowest BCUT2D eigenvalue weighted by molar-refractivity contribution is -0.115. The minimum Gasteiger partial charge on any atom is -0.278 e. The van der Waals surface area contributed by atoms with Gasteiger partial charge in [-0.3, -0.25) is 9.69 Å². The fraction of sp³-hybridized carbons (Fsp3) is 0.208. The van der Waals surface area contributed by atoms with Crippen molar-refractivity contribution in [3.8, 4) is 6.07 Å². The van der Waals surface area contributed by atoms with Crippen molar-refractivity contribution in [2.75, 3.05) is 10.7 Å². The summed E-state index contributed by atoms with van der Waals surface area (Å²) in [5.74, 6) is 0.657. The second kappa shape index (κ2) is 8.95. The van der Waals surface area contributed by atoms with E-state index in [1.807, 2.05) is 54.6 Å². The number of hydrogen-bond donors (Lipinski definition) is 0. The predicted octanol–water partition coefficient (Wildman–Crippen LogP) is 6.07. The molecule has 0 unspecified atom stereocenters. The number of hydrogen-bond acceptors (Lipinski definition) is 5. The molecule has 1 aliphatic rings. The number of nitriles is 1. The Morgan fingerprint density at radius 2 is 1.70 bits per heavy atom. The largest absolute Gasteiger partial charge is 0.278 e. The Hall–Kier alpha value is -2.75. The van der Waals surface area contributed by atoms with Crippen LogP contribution in [0.1, 0.15) is 25.1 Å². The van der Waals surface area contributed by atoms with Gasteiger partial charge in [-0.05, 0) is 48.7 Å². The summed E-state index contributed by atoms with van der Waals surface area (Å²) in [6, 6.07) is 21.8. The predicted molar refractivity (Wildman–Crippen MR) is 122 cm³/mol. The maximum Gasteiger partial charge on any atom is 0.242 e. The molecule has 2 aromatic carbocycles. The topological polar surface area (TPSA) is 57.0 Å². The van der Waals surface area contributed by atoms with Crippen molar-refractivity contribution < 1.29 is 4.79 Å². The first-order valence-electron chi connectivity index (χ1n) is 9.78. The first kappa shape index (κ1) is 20.5. The molecule has 4 rings (SSSR count). The van der Waals surface area contributed by atoms with Gasteiger partial charge < -0.3 is 0 Å². The molecule has 0 aliphatic carbocycles. The molecule has 0 atom stereocenters. The average molecular weight is 432 g/mol. The van der Waals surface area contributed by atoms with Gasteiger partial charge in [0.25, 0.3) is 0 Å². The number of para-hydroxylation sites is 2. The highest BCUT2D eigenvalue weighted by atomic mass is 32.2. The molecule has 0 radical (unpaired) electrons. The summed E-state index contributed by atoms with van der Waals surface area (Å²) in [4.78, 5) is 21.9. The molecule has 0 saturated heterocycles. The van der Waals surface area contributed by atoms with Crippen LogP contribution in [0.2, 0.25) is 0 Å². The van der Waals surface area contributed by atoms with Gasteiger partial charge in [0, 0.05) is 15.5 Å². The van der Waals surface area contributed by atoms with Gasteiger partial charge >= 0.3 is 0 Å². The van der Waals surface area contributed by atoms with Crippen LogP contribution < -0.4 is 4.90 Å². The molecular formula is C24H21N3OS2. The van der Waals surface area contributed by atoms with Crippen LogP contribution in [0, 0.1) is 17.2 Å². The number of thioether (sulfide) groups is 1. The lowest BCUT2D eigenvalue weighted by Gasteiger charge is -2.31. The molecule has 1 aliphatic heterocycles. The number of pyridine rings is 1. The van der Waals surface area contributed by atoms with Crippen LogP contribution in [-0.4, -0.2) is 16.6 Å². The van der Waals surface area contributed by atoms with Gasteiger partial charge in [-0.2, -0.15) is 5.26 Å². The van der Waals surface area contributed by atoms with E-state index < -0.39 is 0 Å². The third kappa shape index (κ3) is 4.23. The minimum absolute atomic E-state index is 0.0276. The molecule has 0 saturated carbocycles. The van der Waals surface area contributed by atoms with Gasteiger partial charge in [0.1, 0.15) is 11.1 Å². The van der Waals surface area contributed by atoms with Gasteiger partial charge in [-0.1, -0.05) is 61.6 Å². The number of aromatic nitrogens is 1. The normalized spacial score (nSPS) is 12.3. The van der Waals surface area contributed by atoms with E-state index in [2.05, 4.69) is 24.9 Å². The van der Waals surface area contributed by atoms with Gasteiger partial charge in [0.2, 0.25) is 5.91 Å². The molecule has 30 heavy (non-hydrogen) atoms. The van der Waals surface area contributed by atoms with Crippen molar-refractivity contribution in [1.82, 2.24) is 4.98 Å². The molecule has 150 valence electrons. The van der Waals surface area contributed by atoms with Gasteiger partial charge in [0.15, 0.2) is 0 Å². The van der Waals surface area contributed by atoms with Crippen LogP contribution in [0.3, 0.4) is 0 Å². The third-order valence-electron chi connectivity index (χ3n) is 4.67. The molecule has 1 amide bonds. The van der Waals surface area contributed by atoms with Crippen LogP contribution in [0.5, 0.6) is 0 Å². The van der Waals surface area contributed by atoms with Crippen molar-refractivity contribution >= 4 is 40.8 Å². The van der Waals surface area contributed by atoms with Gasteiger partial charge in [0.05, 0.1) is 22.7 Å². The third-order valence-corrected chi connectivity index (χ3v) is 6.78.